The molecule has 0 unspecified atom stereocenters. The van der Waals surface area contributed by atoms with E-state index in [4.69, 9.17) is 17.0 Å². The molecule has 32 heavy (non-hydrogen) atoms. The minimum absolute atomic E-state index is 0.0468. The summed E-state index contributed by atoms with van der Waals surface area (Å²) in [5, 5.41) is 5.23. The summed E-state index contributed by atoms with van der Waals surface area (Å²) in [6.45, 7) is 4.64. The van der Waals surface area contributed by atoms with Gasteiger partial charge in [0.25, 0.3) is 11.8 Å². The number of nitrogens with one attached hydrogen (secondary N) is 4. The van der Waals surface area contributed by atoms with Gasteiger partial charge in [-0.25, -0.2) is 0 Å². The number of ether oxygens (including phenoxy) is 1. The maximum atomic E-state index is 12.3. The maximum Gasteiger partial charge on any atom is 0.269 e. The van der Waals surface area contributed by atoms with Crippen molar-refractivity contribution in [2.75, 3.05) is 11.9 Å². The monoisotopic (exact) mass is 456 g/mol. The lowest BCUT2D eigenvalue weighted by molar-refractivity contribution is -0.116. The van der Waals surface area contributed by atoms with E-state index in [0.29, 0.717) is 35.6 Å². The van der Waals surface area contributed by atoms with Crippen molar-refractivity contribution in [1.82, 2.24) is 16.2 Å². The van der Waals surface area contributed by atoms with Crippen LogP contribution in [0.2, 0.25) is 0 Å². The van der Waals surface area contributed by atoms with Crippen LogP contribution in [0.15, 0.2) is 48.5 Å². The average Bonchev–Trinajstić information content (AvgIpc) is 2.80. The van der Waals surface area contributed by atoms with Gasteiger partial charge in [-0.2, -0.15) is 0 Å². The second-order valence-electron chi connectivity index (χ2n) is 6.96. The van der Waals surface area contributed by atoms with Crippen molar-refractivity contribution in [2.45, 2.75) is 39.5 Å². The molecule has 3 amide bonds. The Morgan fingerprint density at radius 2 is 1.47 bits per heavy atom. The molecule has 0 aliphatic heterocycles. The van der Waals surface area contributed by atoms with Crippen molar-refractivity contribution in [1.29, 1.82) is 0 Å². The summed E-state index contributed by atoms with van der Waals surface area (Å²) in [7, 11) is 0. The molecule has 9 heteroatoms. The summed E-state index contributed by atoms with van der Waals surface area (Å²) in [5.74, 6) is -0.234. The molecule has 0 saturated carbocycles. The first-order valence-electron chi connectivity index (χ1n) is 10.5. The molecular weight excluding hydrogens is 428 g/mol. The number of unbranched alkanes of at least 4 members (excludes halogenated alkanes) is 1. The number of hydrogen-bond donors (Lipinski definition) is 4. The normalized spacial score (nSPS) is 10.1. The van der Waals surface area contributed by atoms with Crippen LogP contribution in [0, 0.1) is 0 Å². The highest BCUT2D eigenvalue weighted by Gasteiger charge is 2.10. The van der Waals surface area contributed by atoms with Crippen molar-refractivity contribution in [3.63, 3.8) is 0 Å². The van der Waals surface area contributed by atoms with E-state index < -0.39 is 11.8 Å². The number of rotatable bonds is 9. The summed E-state index contributed by atoms with van der Waals surface area (Å²) in [6, 6.07) is 13.1. The van der Waals surface area contributed by atoms with E-state index in [1.165, 1.54) is 0 Å². The second-order valence-corrected chi connectivity index (χ2v) is 7.37. The highest BCUT2D eigenvalue weighted by Crippen LogP contribution is 2.13. The average molecular weight is 457 g/mol. The second kappa shape index (κ2) is 13.1. The quantitative estimate of drug-likeness (QED) is 0.339. The highest BCUT2D eigenvalue weighted by molar-refractivity contribution is 7.80. The minimum Gasteiger partial charge on any atom is -0.494 e. The molecule has 0 radical (unpaired) electrons. The van der Waals surface area contributed by atoms with E-state index in [-0.39, 0.29) is 11.0 Å². The highest BCUT2D eigenvalue weighted by atomic mass is 32.1. The topological polar surface area (TPSA) is 109 Å². The molecule has 2 aromatic carbocycles. The Balaban J connectivity index is 1.79. The molecule has 2 aromatic rings. The Hall–Kier alpha value is -3.46. The molecule has 0 heterocycles. The summed E-state index contributed by atoms with van der Waals surface area (Å²) >= 11 is 5.05. The van der Waals surface area contributed by atoms with Crippen molar-refractivity contribution in [3.05, 3.63) is 59.7 Å². The van der Waals surface area contributed by atoms with Gasteiger partial charge in [-0.15, -0.1) is 0 Å². The van der Waals surface area contributed by atoms with Gasteiger partial charge in [0.2, 0.25) is 5.91 Å². The van der Waals surface area contributed by atoms with Crippen LogP contribution in [0.3, 0.4) is 0 Å². The van der Waals surface area contributed by atoms with E-state index in [1.807, 2.05) is 13.8 Å². The third kappa shape index (κ3) is 8.35. The first kappa shape index (κ1) is 24.8. The van der Waals surface area contributed by atoms with Crippen LogP contribution in [-0.2, 0) is 4.79 Å². The van der Waals surface area contributed by atoms with Crippen LogP contribution in [0.1, 0.15) is 60.2 Å². The lowest BCUT2D eigenvalue weighted by Gasteiger charge is -2.11. The lowest BCUT2D eigenvalue weighted by Crippen LogP contribution is -2.48. The number of amides is 3. The largest absolute Gasteiger partial charge is 0.494 e. The summed E-state index contributed by atoms with van der Waals surface area (Å²) < 4.78 is 5.48. The first-order chi connectivity index (χ1) is 15.4. The Morgan fingerprint density at radius 1 is 0.844 bits per heavy atom. The Labute approximate surface area is 193 Å². The third-order valence-electron chi connectivity index (χ3n) is 4.29. The molecular formula is C23H28N4O4S. The molecule has 170 valence electrons. The predicted molar refractivity (Wildman–Crippen MR) is 127 cm³/mol. The molecule has 4 N–H and O–H groups in total. The fourth-order valence-corrected chi connectivity index (χ4v) is 2.72. The van der Waals surface area contributed by atoms with Crippen LogP contribution in [0.4, 0.5) is 5.69 Å². The standard InChI is InChI=1S/C23H28N4O4S/c1-3-5-6-20(28)24-18-11-7-17(8-12-18)22(30)26-27-23(32)25-21(29)16-9-13-19(14-10-16)31-15-4-2/h7-14H,3-6,15H2,1-2H3,(H,24,28)(H,26,30)(H2,25,27,29,32). The van der Waals surface area contributed by atoms with Gasteiger partial charge in [-0.05, 0) is 73.6 Å². The zero-order valence-corrected chi connectivity index (χ0v) is 19.0. The first-order valence-corrected chi connectivity index (χ1v) is 10.9. The molecule has 8 nitrogen and oxygen atoms in total. The summed E-state index contributed by atoms with van der Waals surface area (Å²) in [6.07, 6.45) is 3.13. The van der Waals surface area contributed by atoms with Gasteiger partial charge >= 0.3 is 0 Å². The molecule has 0 aliphatic rings. The Morgan fingerprint density at radius 3 is 2.09 bits per heavy atom. The molecule has 0 spiro atoms. The van der Waals surface area contributed by atoms with Crippen molar-refractivity contribution in [2.24, 2.45) is 0 Å². The van der Waals surface area contributed by atoms with Crippen molar-refractivity contribution >= 4 is 40.7 Å². The van der Waals surface area contributed by atoms with Gasteiger partial charge in [0, 0.05) is 23.2 Å². The van der Waals surface area contributed by atoms with Gasteiger partial charge in [-0.3, -0.25) is 30.6 Å². The van der Waals surface area contributed by atoms with Crippen LogP contribution >= 0.6 is 12.2 Å². The fraction of sp³-hybridized carbons (Fsp3) is 0.304. The van der Waals surface area contributed by atoms with E-state index in [2.05, 4.69) is 21.5 Å². The third-order valence-corrected chi connectivity index (χ3v) is 4.50. The molecule has 0 aromatic heterocycles. The van der Waals surface area contributed by atoms with Crippen molar-refractivity contribution in [3.8, 4) is 5.75 Å². The van der Waals surface area contributed by atoms with E-state index in [9.17, 15) is 14.4 Å². The lowest BCUT2D eigenvalue weighted by atomic mass is 10.2. The number of hydrazine groups is 1. The number of carbonyl (C=O) groups is 3. The van der Waals surface area contributed by atoms with Crippen LogP contribution in [0.5, 0.6) is 5.75 Å². The summed E-state index contributed by atoms with van der Waals surface area (Å²) in [4.78, 5) is 36.3. The number of hydrogen-bond acceptors (Lipinski definition) is 5. The molecule has 0 bridgehead atoms. The summed E-state index contributed by atoms with van der Waals surface area (Å²) in [5.41, 5.74) is 6.30. The molecule has 0 aliphatic carbocycles. The molecule has 2 rings (SSSR count). The number of thiocarbonyl (C=S) groups is 1. The number of anilines is 1. The van der Waals surface area contributed by atoms with Gasteiger partial charge < -0.3 is 10.1 Å². The molecule has 0 fully saturated rings. The fourth-order valence-electron chi connectivity index (χ4n) is 2.58. The van der Waals surface area contributed by atoms with Gasteiger partial charge in [-0.1, -0.05) is 20.3 Å². The van der Waals surface area contributed by atoms with Crippen LogP contribution < -0.4 is 26.2 Å². The van der Waals surface area contributed by atoms with Crippen LogP contribution in [0.25, 0.3) is 0 Å². The predicted octanol–water partition coefficient (Wildman–Crippen LogP) is 3.55. The van der Waals surface area contributed by atoms with E-state index in [0.717, 1.165) is 19.3 Å². The zero-order chi connectivity index (χ0) is 23.3. The van der Waals surface area contributed by atoms with Crippen LogP contribution in [-0.4, -0.2) is 29.4 Å². The van der Waals surface area contributed by atoms with Gasteiger partial charge in [0.05, 0.1) is 6.61 Å². The SMILES string of the molecule is CCCCC(=O)Nc1ccc(C(=O)NNC(=S)NC(=O)c2ccc(OCCC)cc2)cc1. The number of benzene rings is 2. The van der Waals surface area contributed by atoms with E-state index in [1.54, 1.807) is 48.5 Å². The Bertz CT molecular complexity index is 930. The zero-order valence-electron chi connectivity index (χ0n) is 18.2. The van der Waals surface area contributed by atoms with Gasteiger partial charge in [0.15, 0.2) is 5.11 Å². The Kier molecular flexibility index (Phi) is 10.1. The smallest absolute Gasteiger partial charge is 0.269 e. The number of carbonyl (C=O) groups excluding carboxylic acids is 3. The molecule has 0 saturated heterocycles. The minimum atomic E-state index is -0.442. The maximum absolute atomic E-state index is 12.3. The molecule has 0 atom stereocenters. The van der Waals surface area contributed by atoms with E-state index >= 15 is 0 Å². The van der Waals surface area contributed by atoms with Crippen molar-refractivity contribution < 1.29 is 19.1 Å². The van der Waals surface area contributed by atoms with Gasteiger partial charge in [0.1, 0.15) is 5.75 Å².